The van der Waals surface area contributed by atoms with Crippen molar-refractivity contribution in [1.29, 1.82) is 0 Å². The molecule has 0 bridgehead atoms. The molecule has 5 aliphatic carbocycles. The fourth-order valence-electron chi connectivity index (χ4n) is 14.3. The molecule has 14 nitrogen and oxygen atoms in total. The molecule has 2 aliphatic heterocycles. The van der Waals surface area contributed by atoms with E-state index in [0.29, 0.717) is 18.3 Å². The molecule has 4 unspecified atom stereocenters. The molecule has 7 aliphatic rings. The topological polar surface area (TPSA) is 239 Å². The van der Waals surface area contributed by atoms with Crippen molar-refractivity contribution in [2.75, 3.05) is 13.2 Å². The molecule has 14 heteroatoms. The molecule has 5 saturated carbocycles. The summed E-state index contributed by atoms with van der Waals surface area (Å²) < 4.78 is 23.9. The van der Waals surface area contributed by atoms with Gasteiger partial charge in [0, 0.05) is 0 Å². The van der Waals surface area contributed by atoms with Crippen molar-refractivity contribution in [3.8, 4) is 0 Å². The first-order valence-corrected chi connectivity index (χ1v) is 20.9. The number of rotatable bonds is 10. The highest BCUT2D eigenvalue weighted by molar-refractivity contribution is 5.31. The molecule has 55 heavy (non-hydrogen) atoms. The molecule has 0 aromatic rings. The maximum atomic E-state index is 12.1. The summed E-state index contributed by atoms with van der Waals surface area (Å²) in [5.41, 5.74) is -1.94. The van der Waals surface area contributed by atoms with Crippen LogP contribution in [0.1, 0.15) is 106 Å². The van der Waals surface area contributed by atoms with Gasteiger partial charge in [-0.05, 0) is 122 Å². The van der Waals surface area contributed by atoms with E-state index in [4.69, 9.17) is 18.9 Å². The van der Waals surface area contributed by atoms with Crippen LogP contribution in [-0.4, -0.2) is 150 Å². The van der Waals surface area contributed by atoms with E-state index in [-0.39, 0.29) is 58.0 Å². The van der Waals surface area contributed by atoms with Crippen LogP contribution < -0.4 is 0 Å². The molecule has 21 atom stereocenters. The lowest BCUT2D eigenvalue weighted by molar-refractivity contribution is -0.323. The molecule has 2 spiro atoms. The number of hydrogen-bond acceptors (Lipinski definition) is 14. The molecule has 7 fully saturated rings. The Balaban J connectivity index is 1.09. The summed E-state index contributed by atoms with van der Waals surface area (Å²) >= 11 is 0. The first-order valence-electron chi connectivity index (χ1n) is 20.9. The summed E-state index contributed by atoms with van der Waals surface area (Å²) in [4.78, 5) is 0. The summed E-state index contributed by atoms with van der Waals surface area (Å²) in [6, 6.07) is 0. The van der Waals surface area contributed by atoms with Gasteiger partial charge in [-0.15, -0.1) is 0 Å². The first-order chi connectivity index (χ1) is 25.5. The number of ether oxygens (including phenoxy) is 4. The Morgan fingerprint density at radius 2 is 1.40 bits per heavy atom. The zero-order valence-corrected chi connectivity index (χ0v) is 33.7. The fourth-order valence-corrected chi connectivity index (χ4v) is 14.3. The van der Waals surface area contributed by atoms with E-state index in [1.165, 1.54) is 13.8 Å². The van der Waals surface area contributed by atoms with Gasteiger partial charge in [0.05, 0.1) is 37.1 Å². The van der Waals surface area contributed by atoms with E-state index in [2.05, 4.69) is 27.7 Å². The van der Waals surface area contributed by atoms with E-state index < -0.39 is 85.8 Å². The van der Waals surface area contributed by atoms with Gasteiger partial charge in [-0.2, -0.15) is 0 Å². The second-order valence-corrected chi connectivity index (χ2v) is 20.7. The summed E-state index contributed by atoms with van der Waals surface area (Å²) in [7, 11) is 0. The van der Waals surface area contributed by atoms with Gasteiger partial charge >= 0.3 is 0 Å². The molecule has 2 heterocycles. The van der Waals surface area contributed by atoms with E-state index in [9.17, 15) is 51.1 Å². The van der Waals surface area contributed by atoms with Crippen molar-refractivity contribution >= 4 is 0 Å². The normalized spacial score (nSPS) is 53.6. The summed E-state index contributed by atoms with van der Waals surface area (Å²) in [6.45, 7) is 13.5. The second kappa shape index (κ2) is 14.3. The lowest BCUT2D eigenvalue weighted by Gasteiger charge is -2.63. The summed E-state index contributed by atoms with van der Waals surface area (Å²) in [5, 5.41) is 107. The Morgan fingerprint density at radius 3 is 2.05 bits per heavy atom. The van der Waals surface area contributed by atoms with Gasteiger partial charge in [-0.25, -0.2) is 0 Å². The lowest BCUT2D eigenvalue weighted by atomic mass is 9.41. The van der Waals surface area contributed by atoms with Crippen LogP contribution in [0.2, 0.25) is 0 Å². The third-order valence-corrected chi connectivity index (χ3v) is 17.3. The first kappa shape index (κ1) is 42.6. The summed E-state index contributed by atoms with van der Waals surface area (Å²) in [6.07, 6.45) is -7.85. The van der Waals surface area contributed by atoms with Crippen LogP contribution in [0.5, 0.6) is 0 Å². The summed E-state index contributed by atoms with van der Waals surface area (Å²) in [5.74, 6) is 0.437. The minimum atomic E-state index is -1.67. The van der Waals surface area contributed by atoms with Crippen LogP contribution in [0.25, 0.3) is 0 Å². The van der Waals surface area contributed by atoms with Crippen LogP contribution in [0.15, 0.2) is 0 Å². The third-order valence-electron chi connectivity index (χ3n) is 17.3. The average Bonchev–Trinajstić information content (AvgIpc) is 3.72. The van der Waals surface area contributed by atoms with Gasteiger partial charge in [-0.1, -0.05) is 34.6 Å². The Labute approximate surface area is 325 Å². The molecule has 0 aromatic heterocycles. The van der Waals surface area contributed by atoms with Gasteiger partial charge in [0.25, 0.3) is 0 Å². The Bertz CT molecular complexity index is 1390. The maximum Gasteiger partial charge on any atom is 0.187 e. The number of aliphatic hydroxyl groups excluding tert-OH is 9. The van der Waals surface area contributed by atoms with Crippen LogP contribution in [0, 0.1) is 50.7 Å². The zero-order valence-electron chi connectivity index (χ0n) is 33.7. The molecule has 318 valence electrons. The third kappa shape index (κ3) is 6.33. The van der Waals surface area contributed by atoms with Crippen molar-refractivity contribution in [1.82, 2.24) is 0 Å². The molecule has 0 amide bonds. The molecule has 7 rings (SSSR count). The van der Waals surface area contributed by atoms with E-state index in [1.54, 1.807) is 0 Å². The Morgan fingerprint density at radius 1 is 0.764 bits per heavy atom. The minimum Gasteiger partial charge on any atom is -0.394 e. The molecule has 0 radical (unpaired) electrons. The van der Waals surface area contributed by atoms with Crippen molar-refractivity contribution in [2.45, 2.75) is 192 Å². The second-order valence-electron chi connectivity index (χ2n) is 20.7. The zero-order chi connectivity index (χ0) is 40.4. The van der Waals surface area contributed by atoms with Crippen LogP contribution in [0.4, 0.5) is 0 Å². The largest absolute Gasteiger partial charge is 0.394 e. The van der Waals surface area contributed by atoms with Gasteiger partial charge in [0.2, 0.25) is 0 Å². The smallest absolute Gasteiger partial charge is 0.187 e. The van der Waals surface area contributed by atoms with Crippen molar-refractivity contribution in [3.63, 3.8) is 0 Å². The lowest BCUT2D eigenvalue weighted by Crippen LogP contribution is -2.61. The van der Waals surface area contributed by atoms with Crippen molar-refractivity contribution in [3.05, 3.63) is 0 Å². The van der Waals surface area contributed by atoms with Gasteiger partial charge in [0.1, 0.15) is 48.8 Å². The van der Waals surface area contributed by atoms with Crippen LogP contribution >= 0.6 is 0 Å². The van der Waals surface area contributed by atoms with Crippen molar-refractivity contribution < 1.29 is 70.0 Å². The fraction of sp³-hybridized carbons (Fsp3) is 1.00. The van der Waals surface area contributed by atoms with E-state index >= 15 is 0 Å². The van der Waals surface area contributed by atoms with Crippen molar-refractivity contribution in [2.24, 2.45) is 50.7 Å². The Kier molecular flexibility index (Phi) is 11.1. The highest BCUT2D eigenvalue weighted by Crippen LogP contribution is 2.89. The van der Waals surface area contributed by atoms with Gasteiger partial charge in [0.15, 0.2) is 12.6 Å². The molecule has 2 saturated heterocycles. The number of hydrogen-bond donors (Lipinski definition) is 10. The number of fused-ring (bicyclic) bond motifs is 2. The minimum absolute atomic E-state index is 0.0943. The SMILES string of the molecule is C[C@H](CC(O[C@@H]1O[C@H](CO)[C@@H](O)[C@H](O)[C@H]1O)C(O)C(C)(C)O)[C@H]1C(O)C[C@@]2(C)[C@@H]3CC[C@H]4C(C)(C)C(O[C@@H]5OC[C@@H](O)[C@H](O)[C@H]5O)CC[C@@]45C[C@@]35CC[C@]12C. The predicted molar refractivity (Wildman–Crippen MR) is 196 cm³/mol. The number of aliphatic hydroxyl groups is 10. The molecule has 0 aromatic carbocycles. The molecular weight excluding hydrogens is 716 g/mol. The molecular formula is C41H70O14. The quantitative estimate of drug-likeness (QED) is 0.136. The highest BCUT2D eigenvalue weighted by atomic mass is 16.7. The van der Waals surface area contributed by atoms with Gasteiger partial charge in [-0.3, -0.25) is 0 Å². The Hall–Kier alpha value is -0.560. The molecule has 10 N–H and O–H groups in total. The van der Waals surface area contributed by atoms with E-state index in [0.717, 1.165) is 44.9 Å². The van der Waals surface area contributed by atoms with Crippen LogP contribution in [-0.2, 0) is 18.9 Å². The monoisotopic (exact) mass is 786 g/mol. The van der Waals surface area contributed by atoms with Crippen LogP contribution in [0.3, 0.4) is 0 Å². The maximum absolute atomic E-state index is 12.1. The van der Waals surface area contributed by atoms with E-state index in [1.807, 2.05) is 6.92 Å². The van der Waals surface area contributed by atoms with Gasteiger partial charge < -0.3 is 70.0 Å². The standard InChI is InChI=1S/C41H70O14/c1-19(14-22(33(50)37(4,5)51)53-35-32(49)30(47)29(46)23(16-42)54-35)27-20(43)15-39(7)25-9-8-24-36(2,3)26(55-34-31(48)28(45)21(44)17-52-34)10-11-40(24)18-41(25,40)13-12-38(27,39)6/h19-35,42-51H,8-18H2,1-7H3/t19-,20?,21-,22?,23-,24+,25+,26?,27+,28+,29-,30+,31-,32-,33?,34+,35-,38-,39+,40-,41+/m1/s1. The highest BCUT2D eigenvalue weighted by Gasteiger charge is 2.83. The average molecular weight is 787 g/mol. The predicted octanol–water partition coefficient (Wildman–Crippen LogP) is 0.564.